The van der Waals surface area contributed by atoms with E-state index in [1.165, 1.54) is 132 Å². The summed E-state index contributed by atoms with van der Waals surface area (Å²) in [6.45, 7) is -0.0206. The van der Waals surface area contributed by atoms with Crippen molar-refractivity contribution in [1.82, 2.24) is 9.13 Å². The van der Waals surface area contributed by atoms with Gasteiger partial charge >= 0.3 is 0 Å². The summed E-state index contributed by atoms with van der Waals surface area (Å²) in [5.41, 5.74) is 25.4. The van der Waals surface area contributed by atoms with Crippen molar-refractivity contribution in [3.05, 3.63) is 255 Å². The molecule has 0 unspecified atom stereocenters. The Morgan fingerprint density at radius 3 is 0.929 bits per heavy atom. The van der Waals surface area contributed by atoms with Gasteiger partial charge in [-0.2, -0.15) is 0 Å². The minimum atomic E-state index is -0.0103. The molecule has 0 amide bonds. The van der Waals surface area contributed by atoms with Crippen molar-refractivity contribution in [2.24, 2.45) is 0 Å². The van der Waals surface area contributed by atoms with Gasteiger partial charge in [-0.25, -0.2) is 0 Å². The lowest BCUT2D eigenvalue weighted by Crippen LogP contribution is -2.57. The quantitative estimate of drug-likeness (QED) is 0.147. The molecule has 0 bridgehead atoms. The molecule has 15 rings (SSSR count). The highest BCUT2D eigenvalue weighted by Crippen LogP contribution is 2.41. The first-order valence-corrected chi connectivity index (χ1v) is 24.5. The van der Waals surface area contributed by atoms with Gasteiger partial charge < -0.3 is 9.13 Å². The standard InChI is InChI=1S/C66H42B2N2/c1-5-21-43(22-6-1)47-29-17-30-48(44-23-7-2-8-24-44)63(47)67-55-35-13-15-39-59(55)69-61-42-62-54(41-53(61)51-33-19-37-57(67)65(51)69)52-34-20-38-58-66(52)70(62)60-40-16-14-36-56(60)68(58)64-49(45-25-9-3-10-26-45)31-18-32-50(64)46-27-11-4-12-28-46/h1-42H. The van der Waals surface area contributed by atoms with Crippen LogP contribution in [0, 0.1) is 0 Å². The Morgan fingerprint density at radius 1 is 0.243 bits per heavy atom. The smallest absolute Gasteiger partial charge is 0.248 e. The van der Waals surface area contributed by atoms with Crippen LogP contribution in [0.25, 0.3) is 99.5 Å². The highest BCUT2D eigenvalue weighted by atomic mass is 15.0. The van der Waals surface area contributed by atoms with Crippen LogP contribution in [0.15, 0.2) is 255 Å². The van der Waals surface area contributed by atoms with Gasteiger partial charge in [0.2, 0.25) is 13.4 Å². The van der Waals surface area contributed by atoms with E-state index in [4.69, 9.17) is 0 Å². The van der Waals surface area contributed by atoms with Crippen molar-refractivity contribution in [2.75, 3.05) is 0 Å². The zero-order chi connectivity index (χ0) is 45.9. The van der Waals surface area contributed by atoms with Gasteiger partial charge in [0.1, 0.15) is 0 Å². The fourth-order valence-corrected chi connectivity index (χ4v) is 12.7. The Hall–Kier alpha value is -8.85. The number of nitrogens with zero attached hydrogens (tertiary/aromatic N) is 2. The van der Waals surface area contributed by atoms with E-state index >= 15 is 0 Å². The molecule has 0 saturated carbocycles. The molecule has 322 valence electrons. The Kier molecular flexibility index (Phi) is 8.58. The van der Waals surface area contributed by atoms with E-state index in [2.05, 4.69) is 264 Å². The molecule has 0 N–H and O–H groups in total. The Labute approximate surface area is 407 Å². The second-order valence-electron chi connectivity index (χ2n) is 19.0. The zero-order valence-corrected chi connectivity index (χ0v) is 38.3. The van der Waals surface area contributed by atoms with Crippen LogP contribution in [0.2, 0.25) is 0 Å². The average molecular weight is 885 g/mol. The first-order valence-electron chi connectivity index (χ1n) is 24.5. The number of benzene rings is 11. The predicted octanol–water partition coefficient (Wildman–Crippen LogP) is 12.2. The molecule has 70 heavy (non-hydrogen) atoms. The summed E-state index contributed by atoms with van der Waals surface area (Å²) in [7, 11) is 0. The normalized spacial score (nSPS) is 12.5. The molecule has 13 aromatic rings. The van der Waals surface area contributed by atoms with Crippen molar-refractivity contribution in [3.63, 3.8) is 0 Å². The van der Waals surface area contributed by atoms with Crippen LogP contribution in [0.4, 0.5) is 0 Å². The Morgan fingerprint density at radius 2 is 0.557 bits per heavy atom. The maximum Gasteiger partial charge on any atom is 0.248 e. The van der Waals surface area contributed by atoms with Crippen molar-refractivity contribution >= 4 is 89.8 Å². The van der Waals surface area contributed by atoms with Crippen molar-refractivity contribution in [3.8, 4) is 55.9 Å². The number of fused-ring (bicyclic) bond motifs is 10. The zero-order valence-electron chi connectivity index (χ0n) is 38.3. The lowest BCUT2D eigenvalue weighted by atomic mass is 9.34. The van der Waals surface area contributed by atoms with Crippen LogP contribution in [-0.2, 0) is 0 Å². The third kappa shape index (κ3) is 5.59. The summed E-state index contributed by atoms with van der Waals surface area (Å²) < 4.78 is 5.18. The lowest BCUT2D eigenvalue weighted by Gasteiger charge is -2.30. The summed E-state index contributed by atoms with van der Waals surface area (Å²) >= 11 is 0. The van der Waals surface area contributed by atoms with E-state index in [0.717, 1.165) is 0 Å². The van der Waals surface area contributed by atoms with Crippen molar-refractivity contribution in [2.45, 2.75) is 0 Å². The average Bonchev–Trinajstić information content (AvgIpc) is 3.94. The molecule has 0 aliphatic carbocycles. The summed E-state index contributed by atoms with van der Waals surface area (Å²) in [6.07, 6.45) is 0. The second-order valence-corrected chi connectivity index (χ2v) is 19.0. The molecule has 4 heterocycles. The minimum Gasteiger partial charge on any atom is -0.310 e. The Balaban J connectivity index is 1.02. The van der Waals surface area contributed by atoms with Gasteiger partial charge in [-0.1, -0.05) is 241 Å². The number of para-hydroxylation sites is 4. The highest BCUT2D eigenvalue weighted by molar-refractivity contribution is 7.00. The maximum absolute atomic E-state index is 2.59. The number of hydrogen-bond donors (Lipinski definition) is 0. The molecule has 2 aliphatic heterocycles. The first-order chi connectivity index (χ1) is 34.8. The van der Waals surface area contributed by atoms with Gasteiger partial charge in [0.25, 0.3) is 0 Å². The fraction of sp³-hybridized carbons (Fsp3) is 0. The molecule has 0 radical (unpaired) electrons. The molecule has 2 aliphatic rings. The molecule has 0 atom stereocenters. The molecule has 2 aromatic heterocycles. The van der Waals surface area contributed by atoms with Crippen LogP contribution in [0.3, 0.4) is 0 Å². The van der Waals surface area contributed by atoms with E-state index in [-0.39, 0.29) is 13.4 Å². The third-order valence-electron chi connectivity index (χ3n) is 15.5. The van der Waals surface area contributed by atoms with E-state index in [0.29, 0.717) is 0 Å². The summed E-state index contributed by atoms with van der Waals surface area (Å²) in [6, 6.07) is 95.0. The maximum atomic E-state index is 2.59. The number of aromatic nitrogens is 2. The summed E-state index contributed by atoms with van der Waals surface area (Å²) in [4.78, 5) is 0. The van der Waals surface area contributed by atoms with E-state index < -0.39 is 0 Å². The highest BCUT2D eigenvalue weighted by Gasteiger charge is 2.39. The van der Waals surface area contributed by atoms with Crippen LogP contribution in [-0.4, -0.2) is 22.6 Å². The van der Waals surface area contributed by atoms with Crippen molar-refractivity contribution in [1.29, 1.82) is 0 Å². The van der Waals surface area contributed by atoms with Crippen LogP contribution in [0.5, 0.6) is 0 Å². The van der Waals surface area contributed by atoms with E-state index in [9.17, 15) is 0 Å². The van der Waals surface area contributed by atoms with Crippen molar-refractivity contribution < 1.29 is 0 Å². The molecule has 0 saturated heterocycles. The second kappa shape index (κ2) is 15.3. The van der Waals surface area contributed by atoms with Gasteiger partial charge in [0.15, 0.2) is 0 Å². The molecular weight excluding hydrogens is 842 g/mol. The SMILES string of the molecule is c1ccc(-c2cccc(-c3ccccc3)c2B2c3ccccc3-n3c4cc5c(cc4c4cccc2c43)c2cccc3c2n5-c2ccccc2B3c2c(-c3ccccc3)cccc2-c2ccccc2)cc1. The molecular formula is C66H42B2N2. The van der Waals surface area contributed by atoms with Crippen LogP contribution < -0.4 is 32.8 Å². The molecule has 4 heteroatoms. The molecule has 2 nitrogen and oxygen atoms in total. The van der Waals surface area contributed by atoms with Gasteiger partial charge in [-0.05, 0) is 90.6 Å². The van der Waals surface area contributed by atoms with E-state index in [1.54, 1.807) is 0 Å². The van der Waals surface area contributed by atoms with Gasteiger partial charge in [0.05, 0.1) is 11.0 Å². The van der Waals surface area contributed by atoms with Gasteiger partial charge in [0, 0.05) is 44.0 Å². The number of rotatable bonds is 6. The fourth-order valence-electron chi connectivity index (χ4n) is 12.7. The minimum absolute atomic E-state index is 0.0103. The predicted molar refractivity (Wildman–Crippen MR) is 299 cm³/mol. The topological polar surface area (TPSA) is 9.86 Å². The molecule has 11 aromatic carbocycles. The number of hydrogen-bond acceptors (Lipinski definition) is 0. The summed E-state index contributed by atoms with van der Waals surface area (Å²) in [5.74, 6) is 0. The van der Waals surface area contributed by atoms with E-state index in [1.807, 2.05) is 0 Å². The summed E-state index contributed by atoms with van der Waals surface area (Å²) in [5, 5.41) is 5.10. The monoisotopic (exact) mass is 884 g/mol. The first kappa shape index (κ1) is 39.2. The van der Waals surface area contributed by atoms with Gasteiger partial charge in [-0.15, -0.1) is 0 Å². The lowest BCUT2D eigenvalue weighted by molar-refractivity contribution is 1.17. The third-order valence-corrected chi connectivity index (χ3v) is 15.5. The largest absolute Gasteiger partial charge is 0.310 e. The van der Waals surface area contributed by atoms with Crippen LogP contribution >= 0.6 is 0 Å². The Bertz CT molecular complexity index is 3840. The van der Waals surface area contributed by atoms with Gasteiger partial charge in [-0.3, -0.25) is 0 Å². The molecule has 0 fully saturated rings. The van der Waals surface area contributed by atoms with Crippen LogP contribution in [0.1, 0.15) is 0 Å². The molecule has 0 spiro atoms.